The van der Waals surface area contributed by atoms with Gasteiger partial charge >= 0.3 is 6.03 Å². The van der Waals surface area contributed by atoms with Crippen LogP contribution in [0.1, 0.15) is 16.7 Å². The lowest BCUT2D eigenvalue weighted by Gasteiger charge is -2.41. The van der Waals surface area contributed by atoms with Crippen molar-refractivity contribution in [2.24, 2.45) is 5.10 Å². The van der Waals surface area contributed by atoms with Crippen molar-refractivity contribution in [3.63, 3.8) is 0 Å². The Labute approximate surface area is 181 Å². The highest BCUT2D eigenvalue weighted by molar-refractivity contribution is 6.04. The number of nitrogens with zero attached hydrogens (tertiary/aromatic N) is 5. The lowest BCUT2D eigenvalue weighted by atomic mass is 10.1. The second kappa shape index (κ2) is 7.47. The van der Waals surface area contributed by atoms with Crippen LogP contribution < -0.4 is 5.32 Å². The van der Waals surface area contributed by atoms with Gasteiger partial charge in [0.2, 0.25) is 0 Å². The van der Waals surface area contributed by atoms with Crippen LogP contribution in [0.15, 0.2) is 59.7 Å². The number of imide groups is 1. The highest BCUT2D eigenvalue weighted by Crippen LogP contribution is 2.31. The molecule has 160 valence electrons. The molecule has 3 aliphatic rings. The van der Waals surface area contributed by atoms with Gasteiger partial charge in [-0.25, -0.2) is 9.69 Å². The summed E-state index contributed by atoms with van der Waals surface area (Å²) < 4.78 is 0. The maximum Gasteiger partial charge on any atom is 0.327 e. The number of nitrogens with one attached hydrogen (secondary N) is 1. The van der Waals surface area contributed by atoms with Gasteiger partial charge in [0.25, 0.3) is 5.91 Å². The summed E-state index contributed by atoms with van der Waals surface area (Å²) >= 11 is 0. The number of hydrogen-bond donors (Lipinski definition) is 1. The van der Waals surface area contributed by atoms with E-state index in [-0.39, 0.29) is 18.2 Å². The van der Waals surface area contributed by atoms with Gasteiger partial charge in [-0.2, -0.15) is 5.10 Å². The molecule has 2 saturated heterocycles. The molecular formula is C23H26N6O2. The summed E-state index contributed by atoms with van der Waals surface area (Å²) in [7, 11) is 3.28. The van der Waals surface area contributed by atoms with Crippen molar-refractivity contribution in [3.05, 3.63) is 71.3 Å². The van der Waals surface area contributed by atoms with E-state index >= 15 is 0 Å². The van der Waals surface area contributed by atoms with E-state index in [0.717, 1.165) is 11.3 Å². The number of fused-ring (bicyclic) bond motifs is 3. The van der Waals surface area contributed by atoms with Crippen molar-refractivity contribution in [1.29, 1.82) is 0 Å². The first-order valence-corrected chi connectivity index (χ1v) is 10.5. The van der Waals surface area contributed by atoms with E-state index < -0.39 is 12.2 Å². The van der Waals surface area contributed by atoms with Crippen LogP contribution in [-0.4, -0.2) is 76.5 Å². The van der Waals surface area contributed by atoms with E-state index in [4.69, 9.17) is 5.10 Å². The summed E-state index contributed by atoms with van der Waals surface area (Å²) in [6.45, 7) is 3.21. The molecule has 0 aromatic heterocycles. The van der Waals surface area contributed by atoms with E-state index in [1.807, 2.05) is 47.5 Å². The molecule has 5 rings (SSSR count). The van der Waals surface area contributed by atoms with Gasteiger partial charge in [0, 0.05) is 20.6 Å². The van der Waals surface area contributed by atoms with Gasteiger partial charge in [-0.05, 0) is 23.6 Å². The Morgan fingerprint density at radius 1 is 1.03 bits per heavy atom. The van der Waals surface area contributed by atoms with Crippen molar-refractivity contribution in [2.45, 2.75) is 32.0 Å². The molecule has 3 unspecified atom stereocenters. The molecule has 2 aromatic carbocycles. The van der Waals surface area contributed by atoms with Crippen LogP contribution in [0.2, 0.25) is 0 Å². The fourth-order valence-corrected chi connectivity index (χ4v) is 4.64. The molecule has 3 aliphatic heterocycles. The molecule has 31 heavy (non-hydrogen) atoms. The number of urea groups is 1. The molecule has 0 aliphatic carbocycles. The van der Waals surface area contributed by atoms with Crippen LogP contribution in [0.5, 0.6) is 0 Å². The number of carbonyl (C=O) groups is 2. The largest absolute Gasteiger partial charge is 0.327 e. The van der Waals surface area contributed by atoms with Crippen LogP contribution in [0, 0.1) is 6.92 Å². The zero-order valence-corrected chi connectivity index (χ0v) is 17.9. The van der Waals surface area contributed by atoms with E-state index in [1.165, 1.54) is 16.0 Å². The fraction of sp³-hybridized carbons (Fsp3) is 0.348. The van der Waals surface area contributed by atoms with Crippen molar-refractivity contribution in [1.82, 2.24) is 25.0 Å². The van der Waals surface area contributed by atoms with Gasteiger partial charge in [-0.1, -0.05) is 54.6 Å². The monoisotopic (exact) mass is 418 g/mol. The second-order valence-electron chi connectivity index (χ2n) is 8.33. The molecule has 0 bridgehead atoms. The summed E-state index contributed by atoms with van der Waals surface area (Å²) in [5.41, 5.74) is 4.29. The average Bonchev–Trinajstić information content (AvgIpc) is 3.18. The third-order valence-electron chi connectivity index (χ3n) is 6.44. The lowest BCUT2D eigenvalue weighted by molar-refractivity contribution is -0.137. The Balaban J connectivity index is 1.55. The minimum atomic E-state index is -0.466. The van der Waals surface area contributed by atoms with Crippen molar-refractivity contribution in [2.75, 3.05) is 20.6 Å². The third kappa shape index (κ3) is 3.19. The topological polar surface area (TPSA) is 71.5 Å². The number of hydrazone groups is 1. The van der Waals surface area contributed by atoms with E-state index in [0.29, 0.717) is 13.1 Å². The Kier molecular flexibility index (Phi) is 4.75. The Morgan fingerprint density at radius 3 is 2.48 bits per heavy atom. The minimum absolute atomic E-state index is 0.187. The van der Waals surface area contributed by atoms with Gasteiger partial charge in [-0.15, -0.1) is 0 Å². The number of aryl methyl sites for hydroxylation is 1. The maximum absolute atomic E-state index is 13.1. The molecule has 8 heteroatoms. The minimum Gasteiger partial charge on any atom is -0.310 e. The van der Waals surface area contributed by atoms with E-state index in [1.54, 1.807) is 19.0 Å². The smallest absolute Gasteiger partial charge is 0.310 e. The molecular weight excluding hydrogens is 392 g/mol. The van der Waals surface area contributed by atoms with Crippen LogP contribution >= 0.6 is 0 Å². The number of likely N-dealkylation sites (N-methyl/N-ethyl adjacent to an activating group) is 2. The second-order valence-corrected chi connectivity index (χ2v) is 8.33. The highest BCUT2D eigenvalue weighted by Gasteiger charge is 2.55. The first-order valence-electron chi connectivity index (χ1n) is 10.5. The maximum atomic E-state index is 13.1. The summed E-state index contributed by atoms with van der Waals surface area (Å²) in [4.78, 5) is 30.6. The molecule has 3 atom stereocenters. The molecule has 2 aromatic rings. The predicted octanol–water partition coefficient (Wildman–Crippen LogP) is 1.62. The zero-order chi connectivity index (χ0) is 21.7. The van der Waals surface area contributed by atoms with Crippen molar-refractivity contribution < 1.29 is 9.59 Å². The summed E-state index contributed by atoms with van der Waals surface area (Å²) in [6.07, 6.45) is -0.682. The molecule has 3 amide bonds. The van der Waals surface area contributed by atoms with Gasteiger partial charge < -0.3 is 4.90 Å². The Hall–Kier alpha value is -3.23. The first kappa shape index (κ1) is 19.7. The van der Waals surface area contributed by atoms with Gasteiger partial charge in [0.15, 0.2) is 6.29 Å². The molecule has 0 saturated carbocycles. The van der Waals surface area contributed by atoms with Crippen LogP contribution in [0.25, 0.3) is 0 Å². The van der Waals surface area contributed by atoms with Crippen LogP contribution in [0.4, 0.5) is 4.79 Å². The molecule has 0 spiro atoms. The molecule has 1 N–H and O–H groups in total. The van der Waals surface area contributed by atoms with Gasteiger partial charge in [-0.3, -0.25) is 20.0 Å². The van der Waals surface area contributed by atoms with Crippen molar-refractivity contribution >= 4 is 17.6 Å². The summed E-state index contributed by atoms with van der Waals surface area (Å²) in [5, 5.41) is 10.5. The SMILES string of the molecule is Cc1ccccc1CN1N=C(c2ccccc2)CN2C3C(=O)N(C)C(=O)N(C)C3NC12. The number of benzene rings is 2. The zero-order valence-electron chi connectivity index (χ0n) is 17.9. The third-order valence-corrected chi connectivity index (χ3v) is 6.44. The Morgan fingerprint density at radius 2 is 1.74 bits per heavy atom. The van der Waals surface area contributed by atoms with Crippen molar-refractivity contribution in [3.8, 4) is 0 Å². The standard InChI is InChI=1S/C23H26N6O2/c1-15-9-7-8-12-17(15)13-29-22-24-20-19(21(30)27(3)23(31)26(20)2)28(22)14-18(25-29)16-10-5-4-6-11-16/h4-12,19-20,22,24H,13-14H2,1-3H3. The van der Waals surface area contributed by atoms with E-state index in [2.05, 4.69) is 29.3 Å². The molecule has 3 heterocycles. The predicted molar refractivity (Wildman–Crippen MR) is 117 cm³/mol. The normalized spacial score (nSPS) is 26.1. The lowest BCUT2D eigenvalue weighted by Crippen LogP contribution is -2.65. The average molecular weight is 419 g/mol. The van der Waals surface area contributed by atoms with Gasteiger partial charge in [0.1, 0.15) is 12.2 Å². The summed E-state index contributed by atoms with van der Waals surface area (Å²) in [5.74, 6) is -0.187. The van der Waals surface area contributed by atoms with Crippen LogP contribution in [0.3, 0.4) is 0 Å². The summed E-state index contributed by atoms with van der Waals surface area (Å²) in [6, 6.07) is 17.5. The molecule has 2 fully saturated rings. The van der Waals surface area contributed by atoms with Crippen LogP contribution in [-0.2, 0) is 11.3 Å². The number of rotatable bonds is 3. The van der Waals surface area contributed by atoms with E-state index in [9.17, 15) is 9.59 Å². The fourth-order valence-electron chi connectivity index (χ4n) is 4.64. The first-order chi connectivity index (χ1) is 15.0. The molecule has 8 nitrogen and oxygen atoms in total. The molecule has 0 radical (unpaired) electrons. The number of amides is 3. The number of carbonyl (C=O) groups excluding carboxylic acids is 2. The quantitative estimate of drug-likeness (QED) is 0.820. The highest BCUT2D eigenvalue weighted by atomic mass is 16.2. The Bertz CT molecular complexity index is 1060. The van der Waals surface area contributed by atoms with Gasteiger partial charge in [0.05, 0.1) is 12.3 Å². The number of hydrogen-bond acceptors (Lipinski definition) is 6.